The van der Waals surface area contributed by atoms with Crippen molar-refractivity contribution in [3.8, 4) is 0 Å². The van der Waals surface area contributed by atoms with Crippen LogP contribution in [0.5, 0.6) is 0 Å². The zero-order valence-corrected chi connectivity index (χ0v) is 7.10. The Morgan fingerprint density at radius 1 is 1.50 bits per heavy atom. The molecule has 10 heavy (non-hydrogen) atoms. The van der Waals surface area contributed by atoms with E-state index in [1.54, 1.807) is 0 Å². The average Bonchev–Trinajstić information content (AvgIpc) is 2.15. The summed E-state index contributed by atoms with van der Waals surface area (Å²) in [5.41, 5.74) is 0. The van der Waals surface area contributed by atoms with Gasteiger partial charge in [0.05, 0.1) is 0 Å². The molecule has 0 atom stereocenters. The highest BCUT2D eigenvalue weighted by atomic mass is 32.1. The molecule has 0 aromatic carbocycles. The minimum atomic E-state index is -0.833. The fourth-order valence-electron chi connectivity index (χ4n) is 0.904. The normalized spacial score (nSPS) is 17.8. The Labute approximate surface area is 67.0 Å². The van der Waals surface area contributed by atoms with Gasteiger partial charge in [-0.1, -0.05) is 12.8 Å². The fraction of sp³-hybridized carbons (Fsp3) is 0.857. The fourth-order valence-corrected chi connectivity index (χ4v) is 1.27. The van der Waals surface area contributed by atoms with E-state index in [2.05, 4.69) is 12.6 Å². The van der Waals surface area contributed by atoms with E-state index in [0.29, 0.717) is 0 Å². The van der Waals surface area contributed by atoms with Gasteiger partial charge in [0.1, 0.15) is 0 Å². The Kier molecular flexibility index (Phi) is 5.49. The first-order valence-electron chi connectivity index (χ1n) is 3.50. The smallest absolute Gasteiger partial charge is 0.300 e. The molecule has 2 nitrogen and oxygen atoms in total. The van der Waals surface area contributed by atoms with Crippen LogP contribution in [-0.2, 0) is 4.79 Å². The topological polar surface area (TPSA) is 37.3 Å². The van der Waals surface area contributed by atoms with Crippen molar-refractivity contribution in [2.24, 2.45) is 0 Å². The molecule has 1 aliphatic carbocycles. The van der Waals surface area contributed by atoms with Gasteiger partial charge in [-0.3, -0.25) is 4.79 Å². The lowest BCUT2D eigenvalue weighted by Crippen LogP contribution is -1.83. The summed E-state index contributed by atoms with van der Waals surface area (Å²) in [4.78, 5) is 9.00. The van der Waals surface area contributed by atoms with Crippen LogP contribution >= 0.6 is 12.6 Å². The van der Waals surface area contributed by atoms with Gasteiger partial charge in [-0.05, 0) is 12.8 Å². The van der Waals surface area contributed by atoms with E-state index in [0.717, 1.165) is 12.2 Å². The molecule has 60 valence electrons. The highest BCUT2D eigenvalue weighted by Crippen LogP contribution is 2.21. The van der Waals surface area contributed by atoms with E-state index >= 15 is 0 Å². The van der Waals surface area contributed by atoms with Crippen molar-refractivity contribution in [2.45, 2.75) is 37.9 Å². The molecule has 0 spiro atoms. The summed E-state index contributed by atoms with van der Waals surface area (Å²) in [6, 6.07) is 0. The number of carbonyl (C=O) groups is 1. The molecule has 0 unspecified atom stereocenters. The van der Waals surface area contributed by atoms with Crippen molar-refractivity contribution in [1.82, 2.24) is 0 Å². The number of aliphatic carboxylic acids is 1. The Morgan fingerprint density at radius 2 is 1.80 bits per heavy atom. The maximum absolute atomic E-state index is 9.00. The molecule has 0 saturated heterocycles. The van der Waals surface area contributed by atoms with Gasteiger partial charge in [0.25, 0.3) is 5.97 Å². The van der Waals surface area contributed by atoms with Crippen LogP contribution in [-0.4, -0.2) is 16.3 Å². The lowest BCUT2D eigenvalue weighted by molar-refractivity contribution is -0.134. The molecule has 3 heteroatoms. The molecule has 0 bridgehead atoms. The molecule has 1 aliphatic rings. The summed E-state index contributed by atoms with van der Waals surface area (Å²) < 4.78 is 0. The second kappa shape index (κ2) is 5.59. The number of rotatable bonds is 0. The molecule has 0 heterocycles. The van der Waals surface area contributed by atoms with Crippen LogP contribution in [0.4, 0.5) is 0 Å². The van der Waals surface area contributed by atoms with E-state index in [-0.39, 0.29) is 0 Å². The predicted octanol–water partition coefficient (Wildman–Crippen LogP) is 1.95. The van der Waals surface area contributed by atoms with Crippen molar-refractivity contribution in [1.29, 1.82) is 0 Å². The zero-order valence-electron chi connectivity index (χ0n) is 6.21. The van der Waals surface area contributed by atoms with Gasteiger partial charge in [0, 0.05) is 12.2 Å². The second-order valence-electron chi connectivity index (χ2n) is 2.46. The van der Waals surface area contributed by atoms with Crippen LogP contribution in [0.1, 0.15) is 32.6 Å². The molecular formula is C7H14O2S. The minimum Gasteiger partial charge on any atom is -0.481 e. The Bertz CT molecular complexity index is 93.8. The van der Waals surface area contributed by atoms with E-state index in [1.165, 1.54) is 25.7 Å². The first kappa shape index (κ1) is 9.82. The lowest BCUT2D eigenvalue weighted by Gasteiger charge is -1.90. The highest BCUT2D eigenvalue weighted by Gasteiger charge is 2.08. The highest BCUT2D eigenvalue weighted by molar-refractivity contribution is 7.80. The first-order chi connectivity index (χ1) is 4.63. The molecule has 1 fully saturated rings. The third-order valence-electron chi connectivity index (χ3n) is 1.32. The summed E-state index contributed by atoms with van der Waals surface area (Å²) >= 11 is 4.29. The third-order valence-corrected chi connectivity index (χ3v) is 1.84. The molecule has 1 N–H and O–H groups in total. The van der Waals surface area contributed by atoms with E-state index < -0.39 is 5.97 Å². The van der Waals surface area contributed by atoms with Gasteiger partial charge >= 0.3 is 0 Å². The van der Waals surface area contributed by atoms with Crippen LogP contribution in [0.25, 0.3) is 0 Å². The monoisotopic (exact) mass is 162 g/mol. The third kappa shape index (κ3) is 7.82. The van der Waals surface area contributed by atoms with Gasteiger partial charge in [-0.2, -0.15) is 12.6 Å². The van der Waals surface area contributed by atoms with Crippen molar-refractivity contribution in [3.05, 3.63) is 0 Å². The van der Waals surface area contributed by atoms with Crippen LogP contribution in [0.15, 0.2) is 0 Å². The standard InChI is InChI=1S/C5H10S.C2H4O2/c6-5-3-1-2-4-5;1-2(3)4/h5-6H,1-4H2;1H3,(H,3,4). The van der Waals surface area contributed by atoms with Gasteiger partial charge in [-0.25, -0.2) is 0 Å². The SMILES string of the molecule is CC(=O)O.SC1CCCC1. The van der Waals surface area contributed by atoms with Gasteiger partial charge in [0.15, 0.2) is 0 Å². The lowest BCUT2D eigenvalue weighted by atomic mass is 10.4. The summed E-state index contributed by atoms with van der Waals surface area (Å²) in [5.74, 6) is -0.833. The Morgan fingerprint density at radius 3 is 1.90 bits per heavy atom. The van der Waals surface area contributed by atoms with Crippen molar-refractivity contribution < 1.29 is 9.90 Å². The average molecular weight is 162 g/mol. The van der Waals surface area contributed by atoms with Crippen molar-refractivity contribution in [3.63, 3.8) is 0 Å². The first-order valence-corrected chi connectivity index (χ1v) is 4.02. The predicted molar refractivity (Wildman–Crippen MR) is 44.6 cm³/mol. The second-order valence-corrected chi connectivity index (χ2v) is 3.19. The van der Waals surface area contributed by atoms with Crippen molar-refractivity contribution in [2.75, 3.05) is 0 Å². The van der Waals surface area contributed by atoms with Gasteiger partial charge in [0.2, 0.25) is 0 Å². The zero-order chi connectivity index (χ0) is 7.98. The van der Waals surface area contributed by atoms with Crippen LogP contribution in [0, 0.1) is 0 Å². The Balaban J connectivity index is 0.000000180. The number of hydrogen-bond donors (Lipinski definition) is 2. The van der Waals surface area contributed by atoms with Crippen LogP contribution in [0.3, 0.4) is 0 Å². The number of carboxylic acid groups (broad SMARTS) is 1. The molecule has 0 aromatic rings. The largest absolute Gasteiger partial charge is 0.481 e. The Hall–Kier alpha value is -0.180. The maximum Gasteiger partial charge on any atom is 0.300 e. The molecule has 0 radical (unpaired) electrons. The van der Waals surface area contributed by atoms with E-state index in [9.17, 15) is 0 Å². The van der Waals surface area contributed by atoms with E-state index in [4.69, 9.17) is 9.90 Å². The van der Waals surface area contributed by atoms with E-state index in [1.807, 2.05) is 0 Å². The number of hydrogen-bond acceptors (Lipinski definition) is 2. The molecular weight excluding hydrogens is 148 g/mol. The molecule has 0 amide bonds. The summed E-state index contributed by atoms with van der Waals surface area (Å²) in [7, 11) is 0. The molecule has 0 aliphatic heterocycles. The molecule has 1 saturated carbocycles. The van der Waals surface area contributed by atoms with Crippen LogP contribution < -0.4 is 0 Å². The molecule has 0 aromatic heterocycles. The summed E-state index contributed by atoms with van der Waals surface area (Å²) in [6.07, 6.45) is 5.52. The molecule has 1 rings (SSSR count). The summed E-state index contributed by atoms with van der Waals surface area (Å²) in [5, 5.41) is 8.16. The van der Waals surface area contributed by atoms with Crippen LogP contribution in [0.2, 0.25) is 0 Å². The summed E-state index contributed by atoms with van der Waals surface area (Å²) in [6.45, 7) is 1.08. The van der Waals surface area contributed by atoms with Gasteiger partial charge < -0.3 is 5.11 Å². The van der Waals surface area contributed by atoms with Gasteiger partial charge in [-0.15, -0.1) is 0 Å². The number of carboxylic acids is 1. The number of thiol groups is 1. The maximum atomic E-state index is 9.00. The minimum absolute atomic E-state index is 0.741. The van der Waals surface area contributed by atoms with Crippen molar-refractivity contribution >= 4 is 18.6 Å². The quantitative estimate of drug-likeness (QED) is 0.534.